The second-order valence-corrected chi connectivity index (χ2v) is 7.54. The van der Waals surface area contributed by atoms with E-state index in [1.54, 1.807) is 26.1 Å². The van der Waals surface area contributed by atoms with Crippen molar-refractivity contribution in [2.24, 2.45) is 0 Å². The first kappa shape index (κ1) is 15.8. The van der Waals surface area contributed by atoms with Crippen molar-refractivity contribution in [2.75, 3.05) is 17.6 Å². The van der Waals surface area contributed by atoms with Gasteiger partial charge in [-0.3, -0.25) is 0 Å². The fraction of sp³-hybridized carbons (Fsp3) is 0.615. The van der Waals surface area contributed by atoms with Crippen LogP contribution in [0.2, 0.25) is 0 Å². The van der Waals surface area contributed by atoms with Gasteiger partial charge in [0.2, 0.25) is 5.88 Å². The normalized spacial score (nSPS) is 11.9. The van der Waals surface area contributed by atoms with Crippen molar-refractivity contribution in [1.82, 2.24) is 4.98 Å². The standard InChI is InChI=1S/C13H22N2O3S/c1-10(2)18-13-12(6-5-7-15-13)14-8-9-19(16,17)11(3)4/h5-7,10-11,14H,8-9H2,1-4H3. The molecule has 0 aromatic carbocycles. The second kappa shape index (κ2) is 6.75. The average Bonchev–Trinajstić information content (AvgIpc) is 2.30. The van der Waals surface area contributed by atoms with Gasteiger partial charge in [0.05, 0.1) is 22.8 Å². The summed E-state index contributed by atoms with van der Waals surface area (Å²) in [7, 11) is -3.03. The zero-order valence-electron chi connectivity index (χ0n) is 11.9. The zero-order valence-corrected chi connectivity index (χ0v) is 12.7. The number of pyridine rings is 1. The zero-order chi connectivity index (χ0) is 14.5. The highest BCUT2D eigenvalue weighted by Crippen LogP contribution is 2.21. The summed E-state index contributed by atoms with van der Waals surface area (Å²) in [4.78, 5) is 4.13. The molecule has 1 heterocycles. The lowest BCUT2D eigenvalue weighted by atomic mass is 10.4. The minimum Gasteiger partial charge on any atom is -0.473 e. The van der Waals surface area contributed by atoms with Gasteiger partial charge in [-0.05, 0) is 39.8 Å². The molecule has 0 saturated carbocycles. The van der Waals surface area contributed by atoms with Crippen molar-refractivity contribution in [3.8, 4) is 5.88 Å². The second-order valence-electron chi connectivity index (χ2n) is 4.87. The third-order valence-electron chi connectivity index (χ3n) is 2.54. The predicted octanol–water partition coefficient (Wildman–Crippen LogP) is 2.10. The van der Waals surface area contributed by atoms with Gasteiger partial charge in [0, 0.05) is 12.7 Å². The SMILES string of the molecule is CC(C)Oc1ncccc1NCCS(=O)(=O)C(C)C. The van der Waals surface area contributed by atoms with Crippen LogP contribution in [0.25, 0.3) is 0 Å². The fourth-order valence-electron chi connectivity index (χ4n) is 1.41. The van der Waals surface area contributed by atoms with Gasteiger partial charge in [-0.2, -0.15) is 0 Å². The first-order valence-corrected chi connectivity index (χ1v) is 8.11. The summed E-state index contributed by atoms with van der Waals surface area (Å²) >= 11 is 0. The molecular formula is C13H22N2O3S. The fourth-order valence-corrected chi connectivity index (χ4v) is 2.26. The van der Waals surface area contributed by atoms with Gasteiger partial charge in [0.25, 0.3) is 0 Å². The highest BCUT2D eigenvalue weighted by atomic mass is 32.2. The molecule has 0 aliphatic carbocycles. The van der Waals surface area contributed by atoms with E-state index in [-0.39, 0.29) is 17.1 Å². The van der Waals surface area contributed by atoms with Crippen LogP contribution < -0.4 is 10.1 Å². The summed E-state index contributed by atoms with van der Waals surface area (Å²) in [5.41, 5.74) is 0.718. The van der Waals surface area contributed by atoms with Crippen molar-refractivity contribution in [3.63, 3.8) is 0 Å². The van der Waals surface area contributed by atoms with Crippen molar-refractivity contribution in [2.45, 2.75) is 39.0 Å². The van der Waals surface area contributed by atoms with E-state index < -0.39 is 9.84 Å². The molecule has 6 heteroatoms. The molecule has 0 atom stereocenters. The number of nitrogens with one attached hydrogen (secondary N) is 1. The molecule has 0 amide bonds. The molecule has 1 rings (SSSR count). The van der Waals surface area contributed by atoms with Crippen LogP contribution in [0.3, 0.4) is 0 Å². The van der Waals surface area contributed by atoms with Gasteiger partial charge in [-0.15, -0.1) is 0 Å². The number of sulfone groups is 1. The molecule has 1 aromatic heterocycles. The summed E-state index contributed by atoms with van der Waals surface area (Å²) < 4.78 is 28.9. The number of rotatable bonds is 7. The van der Waals surface area contributed by atoms with Gasteiger partial charge in [0.15, 0.2) is 9.84 Å². The molecule has 0 bridgehead atoms. The average molecular weight is 286 g/mol. The molecule has 1 aromatic rings. The number of hydrogen-bond acceptors (Lipinski definition) is 5. The molecule has 0 radical (unpaired) electrons. The van der Waals surface area contributed by atoms with E-state index in [0.29, 0.717) is 12.4 Å². The number of ether oxygens (including phenoxy) is 1. The van der Waals surface area contributed by atoms with Gasteiger partial charge in [-0.25, -0.2) is 13.4 Å². The summed E-state index contributed by atoms with van der Waals surface area (Å²) in [6.07, 6.45) is 1.67. The van der Waals surface area contributed by atoms with E-state index in [9.17, 15) is 8.42 Å². The maximum atomic E-state index is 11.7. The highest BCUT2D eigenvalue weighted by molar-refractivity contribution is 7.92. The molecule has 0 aliphatic heterocycles. The summed E-state index contributed by atoms with van der Waals surface area (Å²) in [5, 5.41) is 2.71. The summed E-state index contributed by atoms with van der Waals surface area (Å²) in [5.74, 6) is 0.597. The van der Waals surface area contributed by atoms with E-state index in [1.807, 2.05) is 19.9 Å². The van der Waals surface area contributed by atoms with Crippen molar-refractivity contribution >= 4 is 15.5 Å². The van der Waals surface area contributed by atoms with Crippen LogP contribution >= 0.6 is 0 Å². The summed E-state index contributed by atoms with van der Waals surface area (Å²) in [6, 6.07) is 3.61. The summed E-state index contributed by atoms with van der Waals surface area (Å²) in [6.45, 7) is 7.56. The highest BCUT2D eigenvalue weighted by Gasteiger charge is 2.15. The number of anilines is 1. The Balaban J connectivity index is 2.63. The number of aromatic nitrogens is 1. The van der Waals surface area contributed by atoms with E-state index in [2.05, 4.69) is 10.3 Å². The van der Waals surface area contributed by atoms with Crippen molar-refractivity contribution in [3.05, 3.63) is 18.3 Å². The van der Waals surface area contributed by atoms with Crippen LogP contribution in [0.5, 0.6) is 5.88 Å². The first-order valence-electron chi connectivity index (χ1n) is 6.40. The topological polar surface area (TPSA) is 68.3 Å². The quantitative estimate of drug-likeness (QED) is 0.831. The third-order valence-corrected chi connectivity index (χ3v) is 4.75. The Labute approximate surface area is 115 Å². The molecule has 0 unspecified atom stereocenters. The molecule has 0 fully saturated rings. The maximum absolute atomic E-state index is 11.7. The van der Waals surface area contributed by atoms with E-state index in [1.165, 1.54) is 0 Å². The Morgan fingerprint density at radius 1 is 1.32 bits per heavy atom. The molecule has 0 saturated heterocycles. The van der Waals surface area contributed by atoms with Gasteiger partial charge < -0.3 is 10.1 Å². The Hall–Kier alpha value is -1.30. The van der Waals surface area contributed by atoms with E-state index in [4.69, 9.17) is 4.74 Å². The minimum atomic E-state index is -3.03. The largest absolute Gasteiger partial charge is 0.473 e. The van der Waals surface area contributed by atoms with Gasteiger partial charge in [-0.1, -0.05) is 0 Å². The van der Waals surface area contributed by atoms with E-state index in [0.717, 1.165) is 5.69 Å². The molecule has 0 aliphatic rings. The molecule has 0 spiro atoms. The molecule has 5 nitrogen and oxygen atoms in total. The predicted molar refractivity (Wildman–Crippen MR) is 77.4 cm³/mol. The molecule has 1 N–H and O–H groups in total. The Morgan fingerprint density at radius 2 is 2.00 bits per heavy atom. The molecule has 19 heavy (non-hydrogen) atoms. The van der Waals surface area contributed by atoms with Crippen LogP contribution in [0.15, 0.2) is 18.3 Å². The lowest BCUT2D eigenvalue weighted by molar-refractivity contribution is 0.234. The van der Waals surface area contributed by atoms with Crippen LogP contribution in [0.1, 0.15) is 27.7 Å². The Morgan fingerprint density at radius 3 is 2.58 bits per heavy atom. The lowest BCUT2D eigenvalue weighted by Gasteiger charge is -2.14. The van der Waals surface area contributed by atoms with Gasteiger partial charge >= 0.3 is 0 Å². The van der Waals surface area contributed by atoms with Crippen molar-refractivity contribution in [1.29, 1.82) is 0 Å². The third kappa shape index (κ3) is 5.06. The Bertz CT molecular complexity index is 498. The van der Waals surface area contributed by atoms with E-state index >= 15 is 0 Å². The first-order chi connectivity index (χ1) is 8.83. The Kier molecular flexibility index (Phi) is 5.60. The monoisotopic (exact) mass is 286 g/mol. The van der Waals surface area contributed by atoms with Crippen LogP contribution in [0.4, 0.5) is 5.69 Å². The van der Waals surface area contributed by atoms with Crippen LogP contribution in [0, 0.1) is 0 Å². The number of nitrogens with zero attached hydrogens (tertiary/aromatic N) is 1. The van der Waals surface area contributed by atoms with Crippen LogP contribution in [-0.4, -0.2) is 37.1 Å². The maximum Gasteiger partial charge on any atom is 0.237 e. The molecular weight excluding hydrogens is 264 g/mol. The lowest BCUT2D eigenvalue weighted by Crippen LogP contribution is -2.23. The van der Waals surface area contributed by atoms with Gasteiger partial charge in [0.1, 0.15) is 0 Å². The minimum absolute atomic E-state index is 0.0230. The molecule has 108 valence electrons. The number of hydrogen-bond donors (Lipinski definition) is 1. The van der Waals surface area contributed by atoms with Crippen molar-refractivity contribution < 1.29 is 13.2 Å². The smallest absolute Gasteiger partial charge is 0.237 e. The van der Waals surface area contributed by atoms with Crippen LogP contribution in [-0.2, 0) is 9.84 Å².